The van der Waals surface area contributed by atoms with Gasteiger partial charge in [-0.05, 0) is 129 Å². The summed E-state index contributed by atoms with van der Waals surface area (Å²) in [7, 11) is 0. The van der Waals surface area contributed by atoms with Crippen molar-refractivity contribution in [2.24, 2.45) is 0 Å². The molecule has 0 spiro atoms. The summed E-state index contributed by atoms with van der Waals surface area (Å²) >= 11 is 0. The van der Waals surface area contributed by atoms with Gasteiger partial charge < -0.3 is 14.2 Å². The predicted octanol–water partition coefficient (Wildman–Crippen LogP) is 15.0. The van der Waals surface area contributed by atoms with E-state index in [2.05, 4.69) is 226 Å². The summed E-state index contributed by atoms with van der Waals surface area (Å²) in [5.74, 6) is 0.593. The molecule has 2 aliphatic carbocycles. The number of oxazole rings is 1. The van der Waals surface area contributed by atoms with E-state index in [-0.39, 0.29) is 10.8 Å². The van der Waals surface area contributed by atoms with Crippen LogP contribution in [0.25, 0.3) is 44.8 Å². The highest BCUT2D eigenvalue weighted by molar-refractivity contribution is 5.89. The van der Waals surface area contributed by atoms with Crippen LogP contribution >= 0.6 is 0 Å². The minimum absolute atomic E-state index is 0.0935. The molecule has 284 valence electrons. The third kappa shape index (κ3) is 5.55. The second-order valence-electron chi connectivity index (χ2n) is 16.9. The lowest BCUT2D eigenvalue weighted by Gasteiger charge is -2.28. The van der Waals surface area contributed by atoms with E-state index in [0.29, 0.717) is 5.89 Å². The molecule has 0 radical (unpaired) electrons. The van der Waals surface area contributed by atoms with E-state index in [0.717, 1.165) is 50.8 Å². The number of para-hydroxylation sites is 2. The largest absolute Gasteiger partial charge is 0.436 e. The van der Waals surface area contributed by atoms with Crippen LogP contribution in [0.5, 0.6) is 0 Å². The maximum atomic E-state index is 6.59. The normalized spacial score (nSPS) is 14.0. The molecule has 9 aromatic rings. The summed E-state index contributed by atoms with van der Waals surface area (Å²) in [6.45, 7) is 9.32. The van der Waals surface area contributed by atoms with Crippen molar-refractivity contribution in [1.29, 1.82) is 0 Å². The fraction of sp³-hybridized carbons (Fsp3) is 0.109. The van der Waals surface area contributed by atoms with Crippen LogP contribution in [0.4, 0.5) is 34.1 Å². The first-order valence-corrected chi connectivity index (χ1v) is 20.5. The minimum atomic E-state index is -0.105. The van der Waals surface area contributed by atoms with Crippen molar-refractivity contribution in [3.63, 3.8) is 0 Å². The van der Waals surface area contributed by atoms with Crippen LogP contribution in [0.1, 0.15) is 49.9 Å². The Balaban J connectivity index is 0.943. The summed E-state index contributed by atoms with van der Waals surface area (Å²) in [5.41, 5.74) is 19.4. The average molecular weight is 762 g/mol. The number of anilines is 6. The van der Waals surface area contributed by atoms with E-state index in [9.17, 15) is 0 Å². The summed E-state index contributed by atoms with van der Waals surface area (Å²) in [6, 6.07) is 67.4. The van der Waals surface area contributed by atoms with Crippen LogP contribution in [0, 0.1) is 0 Å². The quantitative estimate of drug-likeness (QED) is 0.162. The highest BCUT2D eigenvalue weighted by Crippen LogP contribution is 2.52. The molecule has 8 aromatic carbocycles. The molecule has 0 atom stereocenters. The van der Waals surface area contributed by atoms with Gasteiger partial charge in [0.1, 0.15) is 5.52 Å². The molecule has 0 bridgehead atoms. The summed E-state index contributed by atoms with van der Waals surface area (Å²) in [6.07, 6.45) is 0. The van der Waals surface area contributed by atoms with E-state index in [1.54, 1.807) is 0 Å². The molecule has 11 rings (SSSR count). The number of rotatable bonds is 7. The SMILES string of the molecule is CC1(C)c2ccccc2-c2ccc(N(c3ccccc3)c3ccc(-c4nc5ccc(N(c6ccccc6)c6ccc7c(c6)C(C)(C)c6ccccc6-7)cc5o4)cc3)cc21. The molecule has 0 amide bonds. The first-order valence-electron chi connectivity index (χ1n) is 20.5. The standard InChI is InChI=1S/C55H43N3O/c1-54(2)47-21-13-11-19-43(47)45-30-27-40(33-49(45)54)57(37-15-7-5-8-16-37)39-25-23-36(24-26-39)53-56-51-32-29-42(35-52(51)59-53)58(38-17-9-6-10-18-38)41-28-31-46-44-20-12-14-22-48(44)55(3,4)50(46)34-41/h5-35H,1-4H3. The third-order valence-electron chi connectivity index (χ3n) is 12.7. The Morgan fingerprint density at radius 1 is 0.373 bits per heavy atom. The van der Waals surface area contributed by atoms with Gasteiger partial charge in [-0.2, -0.15) is 0 Å². The molecule has 2 aliphatic rings. The average Bonchev–Trinajstić information content (AvgIpc) is 3.88. The lowest BCUT2D eigenvalue weighted by Crippen LogP contribution is -2.16. The second-order valence-corrected chi connectivity index (χ2v) is 16.9. The van der Waals surface area contributed by atoms with Crippen LogP contribution in [0.15, 0.2) is 192 Å². The van der Waals surface area contributed by atoms with Crippen molar-refractivity contribution in [3.05, 3.63) is 210 Å². The van der Waals surface area contributed by atoms with Crippen LogP contribution < -0.4 is 9.80 Å². The fourth-order valence-corrected chi connectivity index (χ4v) is 9.64. The Morgan fingerprint density at radius 3 is 1.32 bits per heavy atom. The first-order chi connectivity index (χ1) is 28.8. The summed E-state index contributed by atoms with van der Waals surface area (Å²) in [4.78, 5) is 9.63. The summed E-state index contributed by atoms with van der Waals surface area (Å²) in [5, 5.41) is 0. The Kier molecular flexibility index (Phi) is 7.83. The van der Waals surface area contributed by atoms with Gasteiger partial charge in [-0.3, -0.25) is 0 Å². The number of aromatic nitrogens is 1. The van der Waals surface area contributed by atoms with Crippen molar-refractivity contribution in [1.82, 2.24) is 4.98 Å². The van der Waals surface area contributed by atoms with Gasteiger partial charge in [0.15, 0.2) is 5.58 Å². The molecule has 0 N–H and O–H groups in total. The molecule has 4 heteroatoms. The van der Waals surface area contributed by atoms with Gasteiger partial charge in [-0.15, -0.1) is 0 Å². The molecular formula is C55H43N3O. The lowest BCUT2D eigenvalue weighted by atomic mass is 9.82. The Hall–Kier alpha value is -7.17. The molecule has 0 unspecified atom stereocenters. The van der Waals surface area contributed by atoms with Gasteiger partial charge in [0.2, 0.25) is 5.89 Å². The number of fused-ring (bicyclic) bond motifs is 7. The highest BCUT2D eigenvalue weighted by Gasteiger charge is 2.37. The monoisotopic (exact) mass is 761 g/mol. The van der Waals surface area contributed by atoms with Crippen LogP contribution in [0.3, 0.4) is 0 Å². The van der Waals surface area contributed by atoms with Crippen LogP contribution in [0.2, 0.25) is 0 Å². The minimum Gasteiger partial charge on any atom is -0.436 e. The number of nitrogens with zero attached hydrogens (tertiary/aromatic N) is 3. The molecule has 0 saturated heterocycles. The van der Waals surface area contributed by atoms with E-state index < -0.39 is 0 Å². The zero-order valence-electron chi connectivity index (χ0n) is 33.6. The smallest absolute Gasteiger partial charge is 0.227 e. The molecule has 0 fully saturated rings. The topological polar surface area (TPSA) is 32.5 Å². The van der Waals surface area contributed by atoms with E-state index >= 15 is 0 Å². The van der Waals surface area contributed by atoms with Crippen molar-refractivity contribution < 1.29 is 4.42 Å². The second kappa shape index (κ2) is 13.2. The maximum Gasteiger partial charge on any atom is 0.227 e. The van der Waals surface area contributed by atoms with Gasteiger partial charge in [-0.1, -0.05) is 125 Å². The zero-order valence-corrected chi connectivity index (χ0v) is 33.6. The van der Waals surface area contributed by atoms with Gasteiger partial charge >= 0.3 is 0 Å². The Bertz CT molecular complexity index is 3050. The van der Waals surface area contributed by atoms with Crippen molar-refractivity contribution >= 4 is 45.2 Å². The van der Waals surface area contributed by atoms with Crippen LogP contribution in [-0.2, 0) is 10.8 Å². The molecule has 0 aliphatic heterocycles. The van der Waals surface area contributed by atoms with E-state index in [1.807, 2.05) is 0 Å². The molecular weight excluding hydrogens is 719 g/mol. The number of hydrogen-bond acceptors (Lipinski definition) is 4. The molecule has 4 nitrogen and oxygen atoms in total. The third-order valence-corrected chi connectivity index (χ3v) is 12.7. The fourth-order valence-electron chi connectivity index (χ4n) is 9.64. The zero-order chi connectivity index (χ0) is 39.9. The Morgan fingerprint density at radius 2 is 0.780 bits per heavy atom. The van der Waals surface area contributed by atoms with Crippen molar-refractivity contribution in [2.75, 3.05) is 9.80 Å². The van der Waals surface area contributed by atoms with Gasteiger partial charge in [0, 0.05) is 56.6 Å². The van der Waals surface area contributed by atoms with Gasteiger partial charge in [0.05, 0.1) is 0 Å². The van der Waals surface area contributed by atoms with Crippen molar-refractivity contribution in [2.45, 2.75) is 38.5 Å². The molecule has 59 heavy (non-hydrogen) atoms. The lowest BCUT2D eigenvalue weighted by molar-refractivity contribution is 0.620. The van der Waals surface area contributed by atoms with Crippen LogP contribution in [-0.4, -0.2) is 4.98 Å². The van der Waals surface area contributed by atoms with Gasteiger partial charge in [-0.25, -0.2) is 4.98 Å². The maximum absolute atomic E-state index is 6.59. The van der Waals surface area contributed by atoms with Crippen molar-refractivity contribution in [3.8, 4) is 33.7 Å². The summed E-state index contributed by atoms with van der Waals surface area (Å²) < 4.78 is 6.59. The van der Waals surface area contributed by atoms with Gasteiger partial charge in [0.25, 0.3) is 0 Å². The highest BCUT2D eigenvalue weighted by atomic mass is 16.3. The first kappa shape index (κ1) is 35.0. The Labute approximate surface area is 345 Å². The number of hydrogen-bond donors (Lipinski definition) is 0. The number of benzene rings is 8. The van der Waals surface area contributed by atoms with E-state index in [1.165, 1.54) is 44.5 Å². The van der Waals surface area contributed by atoms with E-state index in [4.69, 9.17) is 9.40 Å². The predicted molar refractivity (Wildman–Crippen MR) is 244 cm³/mol. The molecule has 0 saturated carbocycles. The molecule has 1 aromatic heterocycles. The molecule has 1 heterocycles.